The molecule has 1 amide bonds. The van der Waals surface area contributed by atoms with Crippen molar-refractivity contribution >= 4 is 5.91 Å². The highest BCUT2D eigenvalue weighted by molar-refractivity contribution is 5.76. The van der Waals surface area contributed by atoms with Crippen LogP contribution in [-0.4, -0.2) is 70.8 Å². The second-order valence-electron chi connectivity index (χ2n) is 8.77. The number of nitrogens with zero attached hydrogens (tertiary/aromatic N) is 4. The number of aryl methyl sites for hydroxylation is 1. The first-order valence-corrected chi connectivity index (χ1v) is 10.4. The Kier molecular flexibility index (Phi) is 4.52. The van der Waals surface area contributed by atoms with E-state index in [1.54, 1.807) is 6.07 Å². The van der Waals surface area contributed by atoms with Gasteiger partial charge in [-0.25, -0.2) is 4.68 Å². The summed E-state index contributed by atoms with van der Waals surface area (Å²) in [6.45, 7) is 7.90. The zero-order valence-electron chi connectivity index (χ0n) is 16.8. The molecule has 152 valence electrons. The molecule has 0 spiro atoms. The van der Waals surface area contributed by atoms with Crippen molar-refractivity contribution in [2.24, 2.45) is 5.92 Å². The molecule has 6 rings (SSSR count). The predicted octanol–water partition coefficient (Wildman–Crippen LogP) is 0.236. The number of nitrogens with one attached hydrogen (secondary N) is 1. The zero-order valence-corrected chi connectivity index (χ0v) is 16.8. The summed E-state index contributed by atoms with van der Waals surface area (Å²) in [6.07, 6.45) is 0. The molecule has 4 aliphatic heterocycles. The van der Waals surface area contributed by atoms with Crippen molar-refractivity contribution in [1.29, 1.82) is 0 Å². The van der Waals surface area contributed by atoms with Crippen LogP contribution in [0, 0.1) is 12.8 Å². The van der Waals surface area contributed by atoms with E-state index in [1.807, 2.05) is 13.0 Å². The molecule has 29 heavy (non-hydrogen) atoms. The Hall–Kier alpha value is -2.51. The van der Waals surface area contributed by atoms with Crippen LogP contribution in [-0.2, 0) is 16.8 Å². The fourth-order valence-corrected chi connectivity index (χ4v) is 5.59. The fraction of sp³-hybridized carbons (Fsp3) is 0.500. The molecule has 3 unspecified atom stereocenters. The largest absolute Gasteiger partial charge is 0.350 e. The Morgan fingerprint density at radius 1 is 1.10 bits per heavy atom. The summed E-state index contributed by atoms with van der Waals surface area (Å²) < 4.78 is 1.26. The van der Waals surface area contributed by atoms with Gasteiger partial charge in [0, 0.05) is 62.7 Å². The van der Waals surface area contributed by atoms with Crippen LogP contribution in [0.1, 0.15) is 11.3 Å². The quantitative estimate of drug-likeness (QED) is 0.806. The van der Waals surface area contributed by atoms with E-state index in [1.165, 1.54) is 16.3 Å². The third kappa shape index (κ3) is 3.28. The number of rotatable bonds is 4. The first-order valence-electron chi connectivity index (χ1n) is 10.4. The number of benzene rings is 1. The van der Waals surface area contributed by atoms with Crippen LogP contribution >= 0.6 is 0 Å². The molecule has 4 bridgehead atoms. The van der Waals surface area contributed by atoms with E-state index >= 15 is 0 Å². The average molecular weight is 393 g/mol. The number of hydrogen-bond donors (Lipinski definition) is 1. The summed E-state index contributed by atoms with van der Waals surface area (Å²) in [7, 11) is 0. The van der Waals surface area contributed by atoms with Crippen molar-refractivity contribution in [3.63, 3.8) is 0 Å². The molecule has 0 aliphatic carbocycles. The maximum Gasteiger partial charge on any atom is 0.267 e. The fourth-order valence-electron chi connectivity index (χ4n) is 5.59. The molecule has 3 atom stereocenters. The summed E-state index contributed by atoms with van der Waals surface area (Å²) in [4.78, 5) is 30.2. The average Bonchev–Trinajstić information content (AvgIpc) is 2.96. The number of carbonyl (C=O) groups excluding carboxylic acids is 1. The number of hydrogen-bond acceptors (Lipinski definition) is 5. The van der Waals surface area contributed by atoms with E-state index in [0.717, 1.165) is 45.0 Å². The highest BCUT2D eigenvalue weighted by Gasteiger charge is 2.55. The van der Waals surface area contributed by atoms with E-state index in [2.05, 4.69) is 44.5 Å². The lowest BCUT2D eigenvalue weighted by molar-refractivity contribution is -0.125. The Morgan fingerprint density at radius 2 is 1.79 bits per heavy atom. The Morgan fingerprint density at radius 3 is 2.48 bits per heavy atom. The number of fused-ring (bicyclic) bond motifs is 1. The van der Waals surface area contributed by atoms with Gasteiger partial charge in [-0.15, -0.1) is 0 Å². The molecule has 1 N–H and O–H groups in total. The van der Waals surface area contributed by atoms with Gasteiger partial charge in [0.1, 0.15) is 6.54 Å². The lowest BCUT2D eigenvalue weighted by atomic mass is 9.64. The molecule has 0 saturated carbocycles. The zero-order chi connectivity index (χ0) is 20.0. The van der Waals surface area contributed by atoms with Gasteiger partial charge in [0.05, 0.1) is 5.69 Å². The summed E-state index contributed by atoms with van der Waals surface area (Å²) in [5.74, 6) is 0.244. The molecule has 5 heterocycles. The molecular weight excluding hydrogens is 366 g/mol. The first kappa shape index (κ1) is 18.5. The first-order chi connectivity index (χ1) is 14.0. The SMILES string of the molecule is Cc1ccc(=O)n(CC(=O)NC2C3CN4CCN(C3)CC2(c2ccccc2)C4)n1. The second-order valence-corrected chi connectivity index (χ2v) is 8.77. The van der Waals surface area contributed by atoms with Gasteiger partial charge < -0.3 is 15.1 Å². The minimum atomic E-state index is -0.248. The van der Waals surface area contributed by atoms with Crippen LogP contribution < -0.4 is 10.9 Å². The van der Waals surface area contributed by atoms with Crippen molar-refractivity contribution < 1.29 is 4.79 Å². The Bertz CT molecular complexity index is 957. The summed E-state index contributed by atoms with van der Waals surface area (Å²) in [6, 6.07) is 13.8. The highest BCUT2D eigenvalue weighted by atomic mass is 16.2. The molecule has 7 nitrogen and oxygen atoms in total. The minimum absolute atomic E-state index is 0.0397. The number of amides is 1. The third-order valence-electron chi connectivity index (χ3n) is 6.75. The number of aromatic nitrogens is 2. The third-order valence-corrected chi connectivity index (χ3v) is 6.75. The van der Waals surface area contributed by atoms with Gasteiger partial charge in [-0.3, -0.25) is 9.59 Å². The van der Waals surface area contributed by atoms with Crippen LogP contribution in [0.3, 0.4) is 0 Å². The van der Waals surface area contributed by atoms with Gasteiger partial charge in [0.15, 0.2) is 0 Å². The molecule has 4 aliphatic rings. The van der Waals surface area contributed by atoms with Gasteiger partial charge in [0.25, 0.3) is 5.56 Å². The molecule has 4 saturated heterocycles. The molecule has 1 aromatic carbocycles. The van der Waals surface area contributed by atoms with Crippen molar-refractivity contribution in [3.05, 3.63) is 64.1 Å². The van der Waals surface area contributed by atoms with E-state index in [9.17, 15) is 9.59 Å². The summed E-state index contributed by atoms with van der Waals surface area (Å²) >= 11 is 0. The molecule has 4 fully saturated rings. The van der Waals surface area contributed by atoms with Gasteiger partial charge in [-0.2, -0.15) is 5.10 Å². The van der Waals surface area contributed by atoms with Crippen molar-refractivity contribution in [1.82, 2.24) is 24.9 Å². The minimum Gasteiger partial charge on any atom is -0.350 e. The lowest BCUT2D eigenvalue weighted by Crippen LogP contribution is -2.70. The van der Waals surface area contributed by atoms with Crippen LogP contribution in [0.2, 0.25) is 0 Å². The molecule has 7 heteroatoms. The normalized spacial score (nSPS) is 32.7. The van der Waals surface area contributed by atoms with E-state index < -0.39 is 0 Å². The maximum absolute atomic E-state index is 13.0. The number of carbonyl (C=O) groups is 1. The van der Waals surface area contributed by atoms with Crippen LogP contribution in [0.25, 0.3) is 0 Å². The lowest BCUT2D eigenvalue weighted by Gasteiger charge is -2.55. The van der Waals surface area contributed by atoms with Crippen molar-refractivity contribution in [3.8, 4) is 0 Å². The highest BCUT2D eigenvalue weighted by Crippen LogP contribution is 2.43. The van der Waals surface area contributed by atoms with Crippen molar-refractivity contribution in [2.75, 3.05) is 39.3 Å². The standard InChI is InChI=1S/C22H27N5O2/c1-16-7-8-20(29)27(24-16)13-19(28)23-21-17-11-25-9-10-26(12-17)15-22(21,14-25)18-5-3-2-4-6-18/h2-8,17,21H,9-15H2,1H3,(H,23,28). The monoisotopic (exact) mass is 393 g/mol. The Balaban J connectivity index is 1.45. The summed E-state index contributed by atoms with van der Waals surface area (Å²) in [5.41, 5.74) is 1.64. The van der Waals surface area contributed by atoms with Gasteiger partial charge in [-0.05, 0) is 18.6 Å². The van der Waals surface area contributed by atoms with E-state index in [-0.39, 0.29) is 29.5 Å². The molecule has 0 radical (unpaired) electrons. The molecular formula is C22H27N5O2. The van der Waals surface area contributed by atoms with E-state index in [0.29, 0.717) is 5.92 Å². The van der Waals surface area contributed by atoms with Crippen LogP contribution in [0.4, 0.5) is 0 Å². The van der Waals surface area contributed by atoms with Crippen molar-refractivity contribution in [2.45, 2.75) is 24.9 Å². The summed E-state index contributed by atoms with van der Waals surface area (Å²) in [5, 5.41) is 7.55. The van der Waals surface area contributed by atoms with E-state index in [4.69, 9.17) is 0 Å². The van der Waals surface area contributed by atoms with Crippen LogP contribution in [0.15, 0.2) is 47.3 Å². The smallest absolute Gasteiger partial charge is 0.267 e. The van der Waals surface area contributed by atoms with Gasteiger partial charge >= 0.3 is 0 Å². The predicted molar refractivity (Wildman–Crippen MR) is 110 cm³/mol. The Labute approximate surface area is 170 Å². The topological polar surface area (TPSA) is 70.5 Å². The second kappa shape index (κ2) is 7.07. The molecule has 2 aromatic rings. The maximum atomic E-state index is 13.0. The number of piperidine rings is 2. The van der Waals surface area contributed by atoms with Gasteiger partial charge in [0.2, 0.25) is 5.91 Å². The molecule has 1 aromatic heterocycles. The van der Waals surface area contributed by atoms with Crippen LogP contribution in [0.5, 0.6) is 0 Å². The van der Waals surface area contributed by atoms with Gasteiger partial charge in [-0.1, -0.05) is 30.3 Å².